The Morgan fingerprint density at radius 1 is 0.758 bits per heavy atom. The topological polar surface area (TPSA) is 7.12 Å². The highest BCUT2D eigenvalue weighted by Gasteiger charge is 2.37. The zero-order chi connectivity index (χ0) is 23.2. The van der Waals surface area contributed by atoms with Crippen LogP contribution < -0.4 is 9.47 Å². The maximum Gasteiger partial charge on any atom is 0.211 e. The van der Waals surface area contributed by atoms with Gasteiger partial charge in [-0.25, -0.2) is 0 Å². The van der Waals surface area contributed by atoms with Crippen molar-refractivity contribution in [3.63, 3.8) is 0 Å². The number of hydrogen-bond donors (Lipinski definition) is 0. The number of benzene rings is 2. The van der Waals surface area contributed by atoms with Crippen LogP contribution in [0.4, 0.5) is 5.69 Å². The van der Waals surface area contributed by atoms with Gasteiger partial charge in [-0.05, 0) is 35.4 Å². The third kappa shape index (κ3) is 3.47. The molecular formula is C31H31N2+. The van der Waals surface area contributed by atoms with Crippen LogP contribution in [0.15, 0.2) is 96.7 Å². The van der Waals surface area contributed by atoms with E-state index in [-0.39, 0.29) is 5.41 Å². The van der Waals surface area contributed by atoms with E-state index in [0.29, 0.717) is 0 Å². The molecule has 0 saturated heterocycles. The van der Waals surface area contributed by atoms with E-state index in [1.807, 2.05) is 0 Å². The predicted octanol–water partition coefficient (Wildman–Crippen LogP) is 7.01. The SMILES string of the molecule is Cc1c2ccc(/C=C/C=C3/N(C)c4ccccc4C3(C)C)ccc-2c(C)[n+]1-c1ccccc1. The number of fused-ring (bicyclic) bond motifs is 2. The van der Waals surface area contributed by atoms with E-state index >= 15 is 0 Å². The average molecular weight is 432 g/mol. The zero-order valence-corrected chi connectivity index (χ0v) is 20.1. The standard InChI is InChI=1S/C31H31N2/c1-22-26-20-18-24(19-21-27(26)23(2)33(22)25-13-7-6-8-14-25)12-11-17-30-31(3,4)28-15-9-10-16-29(28)32(30)5/h6-21H,1-5H3/q+1. The molecule has 164 valence electrons. The number of para-hydroxylation sites is 2. The van der Waals surface area contributed by atoms with Crippen molar-refractivity contribution in [2.45, 2.75) is 33.1 Å². The molecule has 2 heteroatoms. The number of allylic oxidation sites excluding steroid dienone is 3. The van der Waals surface area contributed by atoms with E-state index in [0.717, 1.165) is 0 Å². The summed E-state index contributed by atoms with van der Waals surface area (Å²) in [6, 6.07) is 28.2. The van der Waals surface area contributed by atoms with Gasteiger partial charge in [-0.1, -0.05) is 74.5 Å². The van der Waals surface area contributed by atoms with Crippen LogP contribution in [-0.4, -0.2) is 7.05 Å². The monoisotopic (exact) mass is 431 g/mol. The van der Waals surface area contributed by atoms with Gasteiger partial charge in [0.15, 0.2) is 11.4 Å². The summed E-state index contributed by atoms with van der Waals surface area (Å²) in [6.45, 7) is 9.02. The molecule has 0 aromatic heterocycles. The van der Waals surface area contributed by atoms with Gasteiger partial charge in [0.05, 0.1) is 11.1 Å². The fourth-order valence-corrected chi connectivity index (χ4v) is 5.35. The molecule has 2 aromatic rings. The predicted molar refractivity (Wildman–Crippen MR) is 139 cm³/mol. The molecule has 2 aliphatic heterocycles. The summed E-state index contributed by atoms with van der Waals surface area (Å²) in [6.07, 6.45) is 6.64. The molecule has 2 heterocycles. The highest BCUT2D eigenvalue weighted by Crippen LogP contribution is 2.46. The molecule has 0 unspecified atom stereocenters. The lowest BCUT2D eigenvalue weighted by atomic mass is 9.84. The smallest absolute Gasteiger partial charge is 0.211 e. The van der Waals surface area contributed by atoms with Crippen LogP contribution in [0.2, 0.25) is 0 Å². The second-order valence-corrected chi connectivity index (χ2v) is 9.45. The van der Waals surface area contributed by atoms with Crippen molar-refractivity contribution in [2.24, 2.45) is 0 Å². The minimum Gasteiger partial charge on any atom is -0.347 e. The third-order valence-corrected chi connectivity index (χ3v) is 7.12. The molecule has 3 aliphatic rings. The Morgan fingerprint density at radius 3 is 2.00 bits per heavy atom. The first kappa shape index (κ1) is 21.2. The van der Waals surface area contributed by atoms with Crippen molar-refractivity contribution in [1.82, 2.24) is 0 Å². The average Bonchev–Trinajstić information content (AvgIpc) is 3.05. The largest absolute Gasteiger partial charge is 0.347 e. The van der Waals surface area contributed by atoms with Gasteiger partial charge in [0.1, 0.15) is 0 Å². The van der Waals surface area contributed by atoms with Crippen molar-refractivity contribution in [1.29, 1.82) is 0 Å². The Balaban J connectivity index is 1.48. The minimum absolute atomic E-state index is 0.00273. The van der Waals surface area contributed by atoms with E-state index in [2.05, 4.69) is 141 Å². The zero-order valence-electron chi connectivity index (χ0n) is 20.1. The van der Waals surface area contributed by atoms with Crippen molar-refractivity contribution >= 4 is 11.8 Å². The maximum absolute atomic E-state index is 2.35. The second-order valence-electron chi connectivity index (χ2n) is 9.45. The van der Waals surface area contributed by atoms with Crippen LogP contribution in [0.5, 0.6) is 0 Å². The molecule has 0 fully saturated rings. The molecule has 5 rings (SSSR count). The molecule has 1 aliphatic carbocycles. The van der Waals surface area contributed by atoms with Crippen LogP contribution in [0.25, 0.3) is 22.9 Å². The van der Waals surface area contributed by atoms with Crippen LogP contribution in [0.3, 0.4) is 0 Å². The first-order chi connectivity index (χ1) is 15.9. The fraction of sp³-hybridized carbons (Fsp3) is 0.194. The minimum atomic E-state index is -0.00273. The number of anilines is 1. The summed E-state index contributed by atoms with van der Waals surface area (Å²) < 4.78 is 2.35. The maximum atomic E-state index is 2.35. The van der Waals surface area contributed by atoms with Gasteiger partial charge in [-0.15, -0.1) is 0 Å². The molecule has 0 N–H and O–H groups in total. The molecule has 33 heavy (non-hydrogen) atoms. The number of hydrogen-bond acceptors (Lipinski definition) is 1. The molecule has 0 saturated carbocycles. The van der Waals surface area contributed by atoms with Gasteiger partial charge in [0, 0.05) is 49.8 Å². The summed E-state index contributed by atoms with van der Waals surface area (Å²) >= 11 is 0. The quantitative estimate of drug-likeness (QED) is 0.317. The Hall–Kier alpha value is -3.65. The van der Waals surface area contributed by atoms with Crippen molar-refractivity contribution in [2.75, 3.05) is 11.9 Å². The lowest BCUT2D eigenvalue weighted by molar-refractivity contribution is -0.604. The Bertz CT molecular complexity index is 1320. The molecule has 0 amide bonds. The second kappa shape index (κ2) is 8.04. The lowest BCUT2D eigenvalue weighted by Gasteiger charge is -2.23. The summed E-state index contributed by atoms with van der Waals surface area (Å²) in [5.41, 5.74) is 11.5. The van der Waals surface area contributed by atoms with E-state index in [1.54, 1.807) is 0 Å². The normalized spacial score (nSPS) is 16.2. The fourth-order valence-electron chi connectivity index (χ4n) is 5.35. The Kier molecular flexibility index (Phi) is 5.17. The van der Waals surface area contributed by atoms with Crippen LogP contribution in [-0.2, 0) is 5.41 Å². The molecule has 0 spiro atoms. The van der Waals surface area contributed by atoms with Crippen LogP contribution in [0.1, 0.15) is 36.4 Å². The lowest BCUT2D eigenvalue weighted by Crippen LogP contribution is -2.34. The molecule has 0 bridgehead atoms. The molecular weight excluding hydrogens is 400 g/mol. The van der Waals surface area contributed by atoms with E-state index in [1.165, 1.54) is 50.7 Å². The summed E-state index contributed by atoms with van der Waals surface area (Å²) in [5.74, 6) is 0. The van der Waals surface area contributed by atoms with Crippen LogP contribution >= 0.6 is 0 Å². The number of aromatic nitrogens is 1. The summed E-state index contributed by atoms with van der Waals surface area (Å²) in [7, 11) is 2.16. The summed E-state index contributed by atoms with van der Waals surface area (Å²) in [5, 5.41) is 0. The Morgan fingerprint density at radius 2 is 1.36 bits per heavy atom. The van der Waals surface area contributed by atoms with Gasteiger partial charge in [-0.3, -0.25) is 0 Å². The van der Waals surface area contributed by atoms with Crippen molar-refractivity contribution in [3.05, 3.63) is 119 Å². The molecule has 2 aromatic carbocycles. The van der Waals surface area contributed by atoms with Crippen molar-refractivity contribution < 1.29 is 4.57 Å². The number of likely N-dealkylation sites (N-methyl/N-ethyl adjacent to an activating group) is 1. The summed E-state index contributed by atoms with van der Waals surface area (Å²) in [4.78, 5) is 2.31. The van der Waals surface area contributed by atoms with Crippen LogP contribution in [0, 0.1) is 13.8 Å². The number of rotatable bonds is 3. The van der Waals surface area contributed by atoms with Gasteiger partial charge < -0.3 is 4.90 Å². The molecule has 2 nitrogen and oxygen atoms in total. The van der Waals surface area contributed by atoms with E-state index < -0.39 is 0 Å². The van der Waals surface area contributed by atoms with Gasteiger partial charge >= 0.3 is 0 Å². The molecule has 0 atom stereocenters. The van der Waals surface area contributed by atoms with E-state index in [9.17, 15) is 0 Å². The Labute approximate surface area is 197 Å². The highest BCUT2D eigenvalue weighted by molar-refractivity contribution is 5.72. The van der Waals surface area contributed by atoms with Gasteiger partial charge in [0.25, 0.3) is 0 Å². The first-order valence-corrected chi connectivity index (χ1v) is 11.6. The van der Waals surface area contributed by atoms with Crippen molar-refractivity contribution in [3.8, 4) is 16.8 Å². The highest BCUT2D eigenvalue weighted by atomic mass is 15.2. The first-order valence-electron chi connectivity index (χ1n) is 11.6. The van der Waals surface area contributed by atoms with E-state index in [4.69, 9.17) is 0 Å². The van der Waals surface area contributed by atoms with Gasteiger partial charge in [-0.2, -0.15) is 4.57 Å². The third-order valence-electron chi connectivity index (χ3n) is 7.12. The number of nitrogens with zero attached hydrogens (tertiary/aromatic N) is 2. The molecule has 0 radical (unpaired) electrons. The van der Waals surface area contributed by atoms with Gasteiger partial charge in [0.2, 0.25) is 5.69 Å².